The van der Waals surface area contributed by atoms with Crippen molar-refractivity contribution in [1.29, 1.82) is 0 Å². The van der Waals surface area contributed by atoms with Crippen molar-refractivity contribution in [3.63, 3.8) is 0 Å². The molecule has 2 heterocycles. The molecule has 0 aliphatic heterocycles. The zero-order valence-electron chi connectivity index (χ0n) is 11.4. The Hall–Kier alpha value is -1.73. The molecule has 0 amide bonds. The van der Waals surface area contributed by atoms with E-state index in [9.17, 15) is 0 Å². The molecule has 1 saturated carbocycles. The highest BCUT2D eigenvalue weighted by atomic mass is 32.2. The Bertz CT molecular complexity index is 761. The molecule has 0 unspecified atom stereocenters. The van der Waals surface area contributed by atoms with Crippen LogP contribution in [0.4, 0.5) is 0 Å². The highest BCUT2D eigenvalue weighted by molar-refractivity contribution is 8.00. The fourth-order valence-corrected chi connectivity index (χ4v) is 3.67. The first-order valence-corrected chi connectivity index (χ1v) is 8.36. The van der Waals surface area contributed by atoms with Crippen LogP contribution in [0.25, 0.3) is 11.4 Å². The lowest BCUT2D eigenvalue weighted by Gasteiger charge is -2.01. The van der Waals surface area contributed by atoms with Gasteiger partial charge in [0.25, 0.3) is 0 Å². The zero-order chi connectivity index (χ0) is 14.2. The van der Waals surface area contributed by atoms with E-state index in [1.807, 2.05) is 41.9 Å². The maximum absolute atomic E-state index is 4.58. The van der Waals surface area contributed by atoms with Crippen molar-refractivity contribution in [2.45, 2.75) is 28.3 Å². The zero-order valence-corrected chi connectivity index (χ0v) is 13.1. The molecule has 0 radical (unpaired) electrons. The molecular formula is C14H13N5S2. The summed E-state index contributed by atoms with van der Waals surface area (Å²) in [6.45, 7) is 0. The van der Waals surface area contributed by atoms with Crippen LogP contribution in [0.3, 0.4) is 0 Å². The van der Waals surface area contributed by atoms with Crippen LogP contribution in [0.15, 0.2) is 39.8 Å². The Morgan fingerprint density at radius 2 is 2.00 bits per heavy atom. The molecule has 1 fully saturated rings. The van der Waals surface area contributed by atoms with Crippen LogP contribution in [-0.4, -0.2) is 24.1 Å². The van der Waals surface area contributed by atoms with Crippen LogP contribution < -0.4 is 0 Å². The Balaban J connectivity index is 1.59. The number of hydrogen-bond donors (Lipinski definition) is 0. The van der Waals surface area contributed by atoms with Gasteiger partial charge in [0.05, 0.1) is 0 Å². The van der Waals surface area contributed by atoms with Gasteiger partial charge in [0, 0.05) is 18.5 Å². The maximum Gasteiger partial charge on any atom is 0.198 e. The lowest BCUT2D eigenvalue weighted by Crippen LogP contribution is -1.94. The fourth-order valence-electron chi connectivity index (χ4n) is 2.09. The summed E-state index contributed by atoms with van der Waals surface area (Å²) in [6, 6.07) is 10.1. The van der Waals surface area contributed by atoms with Gasteiger partial charge in [-0.2, -0.15) is 4.37 Å². The second-order valence-corrected chi connectivity index (χ2v) is 6.99. The van der Waals surface area contributed by atoms with Gasteiger partial charge >= 0.3 is 0 Å². The van der Waals surface area contributed by atoms with Crippen LogP contribution in [0.1, 0.15) is 24.6 Å². The minimum atomic E-state index is 0.593. The normalized spacial score (nSPS) is 14.5. The molecular weight excluding hydrogens is 302 g/mol. The van der Waals surface area contributed by atoms with E-state index in [1.165, 1.54) is 36.1 Å². The summed E-state index contributed by atoms with van der Waals surface area (Å²) in [5.41, 5.74) is 1.07. The molecule has 2 aromatic heterocycles. The van der Waals surface area contributed by atoms with Crippen molar-refractivity contribution in [2.75, 3.05) is 0 Å². The summed E-state index contributed by atoms with van der Waals surface area (Å²) in [4.78, 5) is 4.58. The van der Waals surface area contributed by atoms with E-state index < -0.39 is 0 Å². The van der Waals surface area contributed by atoms with Crippen molar-refractivity contribution >= 4 is 23.3 Å². The highest BCUT2D eigenvalue weighted by Gasteiger charge is 2.28. The molecule has 1 aliphatic rings. The minimum absolute atomic E-state index is 0.593. The smallest absolute Gasteiger partial charge is 0.198 e. The highest BCUT2D eigenvalue weighted by Crippen LogP contribution is 2.40. The molecule has 21 heavy (non-hydrogen) atoms. The number of nitrogens with zero attached hydrogens (tertiary/aromatic N) is 5. The van der Waals surface area contributed by atoms with Gasteiger partial charge in [-0.3, -0.25) is 0 Å². The van der Waals surface area contributed by atoms with Crippen LogP contribution in [0.2, 0.25) is 0 Å². The van der Waals surface area contributed by atoms with Gasteiger partial charge in [-0.05, 0) is 36.1 Å². The number of aromatic nitrogens is 5. The molecule has 0 saturated heterocycles. The molecule has 1 aliphatic carbocycles. The average Bonchev–Trinajstić information content (AvgIpc) is 3.16. The molecule has 7 heteroatoms. The summed E-state index contributed by atoms with van der Waals surface area (Å²) in [6.07, 6.45) is 2.45. The Labute approximate surface area is 130 Å². The first-order valence-electron chi connectivity index (χ1n) is 6.77. The summed E-state index contributed by atoms with van der Waals surface area (Å²) >= 11 is 2.98. The second-order valence-electron chi connectivity index (χ2n) is 5.03. The van der Waals surface area contributed by atoms with E-state index in [1.54, 1.807) is 0 Å². The molecule has 106 valence electrons. The second kappa shape index (κ2) is 5.23. The third-order valence-electron chi connectivity index (χ3n) is 3.41. The minimum Gasteiger partial charge on any atom is -0.305 e. The van der Waals surface area contributed by atoms with Crippen LogP contribution >= 0.6 is 23.3 Å². The van der Waals surface area contributed by atoms with Crippen LogP contribution in [0, 0.1) is 0 Å². The summed E-state index contributed by atoms with van der Waals surface area (Å²) in [5.74, 6) is 2.45. The van der Waals surface area contributed by atoms with E-state index in [4.69, 9.17) is 0 Å². The molecule has 0 atom stereocenters. The monoisotopic (exact) mass is 315 g/mol. The van der Waals surface area contributed by atoms with Crippen molar-refractivity contribution < 1.29 is 0 Å². The number of hydrogen-bond acceptors (Lipinski definition) is 6. The van der Waals surface area contributed by atoms with Gasteiger partial charge in [-0.25, -0.2) is 4.98 Å². The predicted octanol–water partition coefficient (Wildman–Crippen LogP) is 3.36. The Morgan fingerprint density at radius 3 is 2.76 bits per heavy atom. The van der Waals surface area contributed by atoms with E-state index >= 15 is 0 Å². The van der Waals surface area contributed by atoms with Gasteiger partial charge in [0.1, 0.15) is 5.82 Å². The van der Waals surface area contributed by atoms with Crippen molar-refractivity contribution in [2.24, 2.45) is 7.05 Å². The topological polar surface area (TPSA) is 56.5 Å². The van der Waals surface area contributed by atoms with Gasteiger partial charge in [-0.15, -0.1) is 10.2 Å². The van der Waals surface area contributed by atoms with Crippen LogP contribution in [0.5, 0.6) is 0 Å². The Kier molecular flexibility index (Phi) is 3.23. The number of rotatable bonds is 4. The quantitative estimate of drug-likeness (QED) is 0.739. The van der Waals surface area contributed by atoms with E-state index in [0.29, 0.717) is 5.92 Å². The summed E-state index contributed by atoms with van der Waals surface area (Å²) < 4.78 is 7.36. The summed E-state index contributed by atoms with van der Waals surface area (Å²) in [5, 5.41) is 9.40. The molecule has 0 bridgehead atoms. The van der Waals surface area contributed by atoms with E-state index in [2.05, 4.69) is 19.6 Å². The van der Waals surface area contributed by atoms with E-state index in [0.717, 1.165) is 26.7 Å². The molecule has 0 N–H and O–H groups in total. The SMILES string of the molecule is Cn1c(Sc2nc(C3CC3)ns2)nnc1-c1ccccc1. The molecule has 0 spiro atoms. The summed E-state index contributed by atoms with van der Waals surface area (Å²) in [7, 11) is 1.98. The lowest BCUT2D eigenvalue weighted by molar-refractivity contribution is 0.793. The molecule has 5 nitrogen and oxygen atoms in total. The third kappa shape index (κ3) is 2.58. The third-order valence-corrected chi connectivity index (χ3v) is 5.21. The Morgan fingerprint density at radius 1 is 1.19 bits per heavy atom. The van der Waals surface area contributed by atoms with Crippen LogP contribution in [-0.2, 0) is 7.05 Å². The fraction of sp³-hybridized carbons (Fsp3) is 0.286. The standard InChI is InChI=1S/C14H13N5S2/c1-19-12(10-5-3-2-4-6-10)16-17-13(19)20-14-15-11(18-21-14)9-7-8-9/h2-6,9H,7-8H2,1H3. The van der Waals surface area contributed by atoms with Gasteiger partial charge in [0.2, 0.25) is 0 Å². The maximum atomic E-state index is 4.58. The number of benzene rings is 1. The van der Waals surface area contributed by atoms with Crippen molar-refractivity contribution in [3.05, 3.63) is 36.2 Å². The average molecular weight is 315 g/mol. The predicted molar refractivity (Wildman–Crippen MR) is 82.4 cm³/mol. The first-order chi connectivity index (χ1) is 10.3. The van der Waals surface area contributed by atoms with Crippen molar-refractivity contribution in [3.8, 4) is 11.4 Å². The molecule has 4 rings (SSSR count). The van der Waals surface area contributed by atoms with E-state index in [-0.39, 0.29) is 0 Å². The molecule has 1 aromatic carbocycles. The molecule has 3 aromatic rings. The largest absolute Gasteiger partial charge is 0.305 e. The van der Waals surface area contributed by atoms with Gasteiger partial charge in [-0.1, -0.05) is 30.3 Å². The first kappa shape index (κ1) is 13.0. The van der Waals surface area contributed by atoms with Gasteiger partial charge in [0.15, 0.2) is 15.3 Å². The van der Waals surface area contributed by atoms with Crippen molar-refractivity contribution in [1.82, 2.24) is 24.1 Å². The van der Waals surface area contributed by atoms with Gasteiger partial charge < -0.3 is 4.57 Å². The lowest BCUT2D eigenvalue weighted by atomic mass is 10.2.